The number of nitrogens with zero attached hydrogens (tertiary/aromatic N) is 2. The zero-order valence-corrected chi connectivity index (χ0v) is 20.8. The minimum atomic E-state index is -1.22. The molecule has 0 bridgehead atoms. The van der Waals surface area contributed by atoms with E-state index < -0.39 is 4.87 Å². The second-order valence-electron chi connectivity index (χ2n) is 8.92. The maximum absolute atomic E-state index is 14.1. The van der Waals surface area contributed by atoms with Crippen LogP contribution in [0.4, 0.5) is 17.1 Å². The molecule has 35 heavy (non-hydrogen) atoms. The maximum Gasteiger partial charge on any atom is 0.269 e. The predicted molar refractivity (Wildman–Crippen MR) is 141 cm³/mol. The van der Waals surface area contributed by atoms with Crippen molar-refractivity contribution >= 4 is 46.5 Å². The van der Waals surface area contributed by atoms with Gasteiger partial charge in [-0.05, 0) is 49.6 Å². The molecule has 178 valence electrons. The molecule has 5 rings (SSSR count). The van der Waals surface area contributed by atoms with Gasteiger partial charge in [-0.15, -0.1) is 11.8 Å². The van der Waals surface area contributed by atoms with E-state index in [4.69, 9.17) is 0 Å². The summed E-state index contributed by atoms with van der Waals surface area (Å²) in [5.41, 5.74) is 5.96. The molecule has 1 saturated heterocycles. The van der Waals surface area contributed by atoms with Gasteiger partial charge in [-0.3, -0.25) is 24.2 Å². The van der Waals surface area contributed by atoms with E-state index in [2.05, 4.69) is 5.32 Å². The molecule has 2 aliphatic rings. The second kappa shape index (κ2) is 8.89. The summed E-state index contributed by atoms with van der Waals surface area (Å²) in [5.74, 6) is -0.478. The van der Waals surface area contributed by atoms with Gasteiger partial charge in [0.1, 0.15) is 6.54 Å². The average molecular weight is 486 g/mol. The van der Waals surface area contributed by atoms with Crippen molar-refractivity contribution in [3.8, 4) is 0 Å². The normalized spacial score (nSPS) is 18.9. The fourth-order valence-electron chi connectivity index (χ4n) is 4.93. The zero-order valence-electron chi connectivity index (χ0n) is 20.0. The molecule has 2 aliphatic heterocycles. The van der Waals surface area contributed by atoms with Crippen LogP contribution in [0, 0.1) is 13.8 Å². The van der Waals surface area contributed by atoms with Gasteiger partial charge in [-0.25, -0.2) is 0 Å². The number of para-hydroxylation sites is 2. The Hall–Kier alpha value is -3.58. The lowest BCUT2D eigenvalue weighted by Crippen LogP contribution is -2.50. The minimum absolute atomic E-state index is 0.124. The van der Waals surface area contributed by atoms with E-state index in [0.717, 1.165) is 34.4 Å². The van der Waals surface area contributed by atoms with Gasteiger partial charge >= 0.3 is 0 Å². The number of hydrogen-bond acceptors (Lipinski definition) is 4. The van der Waals surface area contributed by atoms with E-state index in [9.17, 15) is 14.4 Å². The molecule has 0 aliphatic carbocycles. The molecule has 1 spiro atoms. The zero-order chi connectivity index (χ0) is 24.7. The predicted octanol–water partition coefficient (Wildman–Crippen LogP) is 4.78. The Morgan fingerprint density at radius 1 is 1.00 bits per heavy atom. The molecular weight excluding hydrogens is 458 g/mol. The van der Waals surface area contributed by atoms with E-state index in [1.54, 1.807) is 4.90 Å². The fraction of sp³-hybridized carbons (Fsp3) is 0.250. The first-order valence-electron chi connectivity index (χ1n) is 11.7. The number of carbonyl (C=O) groups is 3. The van der Waals surface area contributed by atoms with Crippen molar-refractivity contribution in [1.82, 2.24) is 0 Å². The van der Waals surface area contributed by atoms with Crippen molar-refractivity contribution in [1.29, 1.82) is 0 Å². The Kier molecular flexibility index (Phi) is 5.89. The van der Waals surface area contributed by atoms with Crippen LogP contribution in [0.1, 0.15) is 29.2 Å². The van der Waals surface area contributed by atoms with E-state index in [0.29, 0.717) is 11.4 Å². The van der Waals surface area contributed by atoms with Crippen molar-refractivity contribution in [2.75, 3.05) is 27.4 Å². The number of benzene rings is 3. The van der Waals surface area contributed by atoms with Crippen molar-refractivity contribution < 1.29 is 14.4 Å². The third-order valence-corrected chi connectivity index (χ3v) is 8.05. The van der Waals surface area contributed by atoms with Crippen LogP contribution in [0.25, 0.3) is 0 Å². The van der Waals surface area contributed by atoms with Gasteiger partial charge in [0, 0.05) is 16.9 Å². The van der Waals surface area contributed by atoms with Gasteiger partial charge in [0.2, 0.25) is 16.7 Å². The molecule has 0 aromatic heterocycles. The summed E-state index contributed by atoms with van der Waals surface area (Å²) in [7, 11) is 0. The monoisotopic (exact) mass is 485 g/mol. The molecule has 1 N–H and O–H groups in total. The maximum atomic E-state index is 14.1. The summed E-state index contributed by atoms with van der Waals surface area (Å²) in [6.45, 7) is 5.85. The summed E-state index contributed by atoms with van der Waals surface area (Å²) >= 11 is 1.32. The van der Waals surface area contributed by atoms with Crippen LogP contribution in [0.3, 0.4) is 0 Å². The van der Waals surface area contributed by atoms with Crippen molar-refractivity contribution in [3.05, 3.63) is 89.0 Å². The molecule has 0 saturated carbocycles. The SMILES string of the molecule is CCc1cccc(C)c1NC(=O)CN1C(=O)[C@]2(SCC(=O)N2c2ccc(C)cc2)c2ccccc21. The first-order chi connectivity index (χ1) is 16.9. The highest BCUT2D eigenvalue weighted by Crippen LogP contribution is 2.55. The van der Waals surface area contributed by atoms with Crippen LogP contribution in [0.2, 0.25) is 0 Å². The smallest absolute Gasteiger partial charge is 0.269 e. The number of carbonyl (C=O) groups excluding carboxylic acids is 3. The molecule has 6 nitrogen and oxygen atoms in total. The Morgan fingerprint density at radius 3 is 2.49 bits per heavy atom. The number of hydrogen-bond donors (Lipinski definition) is 1. The van der Waals surface area contributed by atoms with E-state index in [1.807, 2.05) is 87.5 Å². The lowest BCUT2D eigenvalue weighted by molar-refractivity contribution is -0.124. The lowest BCUT2D eigenvalue weighted by atomic mass is 10.0. The topological polar surface area (TPSA) is 69.7 Å². The van der Waals surface area contributed by atoms with Crippen LogP contribution in [-0.2, 0) is 25.7 Å². The Balaban J connectivity index is 1.51. The molecule has 7 heteroatoms. The van der Waals surface area contributed by atoms with Crippen LogP contribution in [0.15, 0.2) is 66.7 Å². The van der Waals surface area contributed by atoms with Crippen LogP contribution in [0.5, 0.6) is 0 Å². The van der Waals surface area contributed by atoms with Crippen LogP contribution < -0.4 is 15.1 Å². The van der Waals surface area contributed by atoms with Gasteiger partial charge in [0.05, 0.1) is 11.4 Å². The number of aryl methyl sites for hydroxylation is 3. The second-order valence-corrected chi connectivity index (χ2v) is 10.1. The molecule has 3 aromatic rings. The number of amides is 3. The summed E-state index contributed by atoms with van der Waals surface area (Å²) in [6.07, 6.45) is 0.788. The molecular formula is C28H27N3O3S. The first kappa shape index (κ1) is 23.2. The standard InChI is InChI=1S/C28H27N3O3S/c1-4-20-9-7-8-19(3)26(20)29-24(32)16-30-23-11-6-5-10-22(23)28(27(30)34)31(25(33)17-35-28)21-14-12-18(2)13-15-21/h5-15H,4,16-17H2,1-3H3,(H,29,32)/t28-/m1/s1. The highest BCUT2D eigenvalue weighted by atomic mass is 32.2. The van der Waals surface area contributed by atoms with Crippen LogP contribution in [-0.4, -0.2) is 30.0 Å². The highest BCUT2D eigenvalue weighted by molar-refractivity contribution is 8.02. The number of anilines is 3. The number of nitrogens with one attached hydrogen (secondary N) is 1. The summed E-state index contributed by atoms with van der Waals surface area (Å²) in [5, 5.41) is 3.02. The van der Waals surface area contributed by atoms with E-state index in [1.165, 1.54) is 16.7 Å². The molecule has 2 heterocycles. The highest BCUT2D eigenvalue weighted by Gasteiger charge is 2.61. The quantitative estimate of drug-likeness (QED) is 0.565. The fourth-order valence-corrected chi connectivity index (χ4v) is 6.29. The summed E-state index contributed by atoms with van der Waals surface area (Å²) < 4.78 is 0. The van der Waals surface area contributed by atoms with Crippen LogP contribution >= 0.6 is 11.8 Å². The molecule has 0 unspecified atom stereocenters. The molecule has 1 fully saturated rings. The van der Waals surface area contributed by atoms with Gasteiger partial charge in [0.25, 0.3) is 5.91 Å². The third kappa shape index (κ3) is 3.71. The molecule has 3 aromatic carbocycles. The molecule has 1 atom stereocenters. The van der Waals surface area contributed by atoms with Gasteiger partial charge in [-0.2, -0.15) is 0 Å². The Bertz CT molecular complexity index is 1340. The van der Waals surface area contributed by atoms with Gasteiger partial charge in [0.15, 0.2) is 0 Å². The van der Waals surface area contributed by atoms with E-state index in [-0.39, 0.29) is 30.0 Å². The third-order valence-electron chi connectivity index (χ3n) is 6.66. The van der Waals surface area contributed by atoms with Gasteiger partial charge in [-0.1, -0.05) is 61.0 Å². The molecule has 0 radical (unpaired) electrons. The number of fused-ring (bicyclic) bond motifs is 2. The average Bonchev–Trinajstić information content (AvgIpc) is 3.32. The first-order valence-corrected chi connectivity index (χ1v) is 12.7. The lowest BCUT2D eigenvalue weighted by Gasteiger charge is -2.33. The largest absolute Gasteiger partial charge is 0.324 e. The number of rotatable bonds is 5. The summed E-state index contributed by atoms with van der Waals surface area (Å²) in [4.78, 5) is 42.3. The van der Waals surface area contributed by atoms with Crippen molar-refractivity contribution in [2.45, 2.75) is 32.1 Å². The Labute approximate surface area is 209 Å². The van der Waals surface area contributed by atoms with Crippen molar-refractivity contribution in [3.63, 3.8) is 0 Å². The number of thioether (sulfide) groups is 1. The van der Waals surface area contributed by atoms with Crippen molar-refractivity contribution in [2.24, 2.45) is 0 Å². The minimum Gasteiger partial charge on any atom is -0.324 e. The van der Waals surface area contributed by atoms with Gasteiger partial charge < -0.3 is 5.32 Å². The Morgan fingerprint density at radius 2 is 1.74 bits per heavy atom. The van der Waals surface area contributed by atoms with E-state index >= 15 is 0 Å². The summed E-state index contributed by atoms with van der Waals surface area (Å²) in [6, 6.07) is 21.0. The molecule has 3 amide bonds.